The van der Waals surface area contributed by atoms with Crippen molar-refractivity contribution >= 4 is 57.3 Å². The summed E-state index contributed by atoms with van der Waals surface area (Å²) in [6.45, 7) is 0.358. The molecule has 8 heteroatoms. The molecule has 0 aromatic heterocycles. The molecule has 1 saturated heterocycles. The number of fused-ring (bicyclic) bond motifs is 1. The average Bonchev–Trinajstić information content (AvgIpc) is 3.39. The standard InChI is InChI=1S/C28H25IN2O5/c1-35-24-15-18(13-22-26(32)30-28(34)31(27(22)33)21-8-4-5-9-21)14-23(29)25(24)36-16-17-10-11-19-6-2-3-7-20(19)12-17/h2-3,6-7,10-15,21H,4-5,8-9,16H2,1H3,(H,30,32,34)/b22-13+. The van der Waals surface area contributed by atoms with Gasteiger partial charge < -0.3 is 9.47 Å². The Morgan fingerprint density at radius 3 is 2.53 bits per heavy atom. The van der Waals surface area contributed by atoms with Crippen LogP contribution in [0.5, 0.6) is 11.5 Å². The summed E-state index contributed by atoms with van der Waals surface area (Å²) in [5.41, 5.74) is 1.57. The largest absolute Gasteiger partial charge is 0.493 e. The Kier molecular flexibility index (Phi) is 6.95. The van der Waals surface area contributed by atoms with E-state index >= 15 is 0 Å². The number of carbonyl (C=O) groups excluding carboxylic acids is 3. The fraction of sp³-hybridized carbons (Fsp3) is 0.250. The number of amides is 4. The van der Waals surface area contributed by atoms with Gasteiger partial charge in [0, 0.05) is 6.04 Å². The van der Waals surface area contributed by atoms with Crippen molar-refractivity contribution in [1.29, 1.82) is 0 Å². The van der Waals surface area contributed by atoms with Crippen molar-refractivity contribution < 1.29 is 23.9 Å². The zero-order valence-electron chi connectivity index (χ0n) is 19.8. The number of benzene rings is 3. The fourth-order valence-corrected chi connectivity index (χ4v) is 5.56. The molecule has 1 heterocycles. The van der Waals surface area contributed by atoms with Gasteiger partial charge >= 0.3 is 6.03 Å². The number of imide groups is 2. The maximum absolute atomic E-state index is 13.1. The minimum atomic E-state index is -0.690. The van der Waals surface area contributed by atoms with Crippen LogP contribution in [0, 0.1) is 3.57 Å². The third-order valence-corrected chi connectivity index (χ3v) is 7.38. The number of nitrogens with one attached hydrogen (secondary N) is 1. The molecule has 36 heavy (non-hydrogen) atoms. The van der Waals surface area contributed by atoms with Crippen LogP contribution in [0.4, 0.5) is 4.79 Å². The number of hydrogen-bond acceptors (Lipinski definition) is 5. The molecule has 0 atom stereocenters. The molecular weight excluding hydrogens is 571 g/mol. The first kappa shape index (κ1) is 24.3. The van der Waals surface area contributed by atoms with Gasteiger partial charge in [-0.1, -0.05) is 49.2 Å². The summed E-state index contributed by atoms with van der Waals surface area (Å²) in [4.78, 5) is 39.2. The maximum Gasteiger partial charge on any atom is 0.331 e. The highest BCUT2D eigenvalue weighted by atomic mass is 127. The van der Waals surface area contributed by atoms with Crippen LogP contribution in [0.15, 0.2) is 60.2 Å². The zero-order valence-corrected chi connectivity index (χ0v) is 21.9. The molecule has 3 aromatic carbocycles. The smallest absolute Gasteiger partial charge is 0.331 e. The van der Waals surface area contributed by atoms with Crippen molar-refractivity contribution in [3.05, 3.63) is 74.9 Å². The number of ether oxygens (including phenoxy) is 2. The Morgan fingerprint density at radius 2 is 1.78 bits per heavy atom. The molecule has 2 fully saturated rings. The fourth-order valence-electron chi connectivity index (χ4n) is 4.78. The number of halogens is 1. The van der Waals surface area contributed by atoms with Crippen LogP contribution in [0.2, 0.25) is 0 Å². The summed E-state index contributed by atoms with van der Waals surface area (Å²) < 4.78 is 12.5. The van der Waals surface area contributed by atoms with Crippen LogP contribution in [0.1, 0.15) is 36.8 Å². The number of urea groups is 1. The van der Waals surface area contributed by atoms with Crippen molar-refractivity contribution in [2.75, 3.05) is 7.11 Å². The lowest BCUT2D eigenvalue weighted by atomic mass is 10.0. The third kappa shape index (κ3) is 4.82. The van der Waals surface area contributed by atoms with E-state index in [2.05, 4.69) is 52.2 Å². The lowest BCUT2D eigenvalue weighted by molar-refractivity contribution is -0.131. The van der Waals surface area contributed by atoms with Gasteiger partial charge in [-0.25, -0.2) is 4.79 Å². The Morgan fingerprint density at radius 1 is 1.03 bits per heavy atom. The molecule has 0 bridgehead atoms. The molecule has 184 valence electrons. The number of rotatable bonds is 6. The molecule has 0 radical (unpaired) electrons. The molecule has 7 nitrogen and oxygen atoms in total. The SMILES string of the molecule is COc1cc(/C=C2\C(=O)NC(=O)N(C3CCCC3)C2=O)cc(I)c1OCc1ccc2ccccc2c1. The van der Waals surface area contributed by atoms with Gasteiger partial charge in [0.05, 0.1) is 10.7 Å². The molecule has 2 aliphatic rings. The van der Waals surface area contributed by atoms with Gasteiger partial charge in [0.1, 0.15) is 12.2 Å². The second kappa shape index (κ2) is 10.3. The lowest BCUT2D eigenvalue weighted by Gasteiger charge is -2.31. The van der Waals surface area contributed by atoms with Gasteiger partial charge in [0.25, 0.3) is 11.8 Å². The predicted molar refractivity (Wildman–Crippen MR) is 145 cm³/mol. The first-order valence-corrected chi connectivity index (χ1v) is 12.9. The minimum absolute atomic E-state index is 0.0656. The van der Waals surface area contributed by atoms with Crippen LogP contribution in [0.3, 0.4) is 0 Å². The van der Waals surface area contributed by atoms with Gasteiger partial charge in [-0.3, -0.25) is 19.8 Å². The molecule has 1 aliphatic heterocycles. The number of barbiturate groups is 1. The second-order valence-corrected chi connectivity index (χ2v) is 10.1. The zero-order chi connectivity index (χ0) is 25.2. The van der Waals surface area contributed by atoms with Crippen molar-refractivity contribution in [2.45, 2.75) is 38.3 Å². The van der Waals surface area contributed by atoms with Crippen LogP contribution in [-0.4, -0.2) is 35.9 Å². The molecule has 4 amide bonds. The summed E-state index contributed by atoms with van der Waals surface area (Å²) in [5.74, 6) is -0.177. The Bertz CT molecular complexity index is 1390. The van der Waals surface area contributed by atoms with E-state index in [1.54, 1.807) is 13.2 Å². The summed E-state index contributed by atoms with van der Waals surface area (Å²) in [7, 11) is 1.55. The summed E-state index contributed by atoms with van der Waals surface area (Å²) in [6.07, 6.45) is 4.95. The molecule has 0 unspecified atom stereocenters. The second-order valence-electron chi connectivity index (χ2n) is 8.94. The molecule has 1 aliphatic carbocycles. The quantitative estimate of drug-likeness (QED) is 0.233. The summed E-state index contributed by atoms with van der Waals surface area (Å²) >= 11 is 2.15. The predicted octanol–water partition coefficient (Wildman–Crippen LogP) is 5.44. The Balaban J connectivity index is 1.39. The molecule has 1 saturated carbocycles. The molecular formula is C28H25IN2O5. The first-order chi connectivity index (χ1) is 17.4. The lowest BCUT2D eigenvalue weighted by Crippen LogP contribution is -2.57. The van der Waals surface area contributed by atoms with E-state index in [0.717, 1.165) is 40.2 Å². The van der Waals surface area contributed by atoms with E-state index in [0.29, 0.717) is 23.7 Å². The highest BCUT2D eigenvalue weighted by Gasteiger charge is 2.40. The highest BCUT2D eigenvalue weighted by molar-refractivity contribution is 14.1. The average molecular weight is 596 g/mol. The van der Waals surface area contributed by atoms with Gasteiger partial charge in [0.2, 0.25) is 0 Å². The topological polar surface area (TPSA) is 84.9 Å². The van der Waals surface area contributed by atoms with Crippen LogP contribution in [0.25, 0.3) is 16.8 Å². The van der Waals surface area contributed by atoms with E-state index in [4.69, 9.17) is 9.47 Å². The normalized spacial score (nSPS) is 17.7. The van der Waals surface area contributed by atoms with Crippen LogP contribution >= 0.6 is 22.6 Å². The molecule has 3 aromatic rings. The van der Waals surface area contributed by atoms with E-state index in [9.17, 15) is 14.4 Å². The van der Waals surface area contributed by atoms with Crippen LogP contribution < -0.4 is 14.8 Å². The highest BCUT2D eigenvalue weighted by Crippen LogP contribution is 2.36. The van der Waals surface area contributed by atoms with Crippen molar-refractivity contribution in [2.24, 2.45) is 0 Å². The van der Waals surface area contributed by atoms with Crippen LogP contribution in [-0.2, 0) is 16.2 Å². The van der Waals surface area contributed by atoms with Gasteiger partial charge in [-0.15, -0.1) is 0 Å². The number of carbonyl (C=O) groups is 3. The van der Waals surface area contributed by atoms with Crippen molar-refractivity contribution in [3.63, 3.8) is 0 Å². The maximum atomic E-state index is 13.1. The number of methoxy groups -OCH3 is 1. The van der Waals surface area contributed by atoms with E-state index in [-0.39, 0.29) is 11.6 Å². The Hall–Kier alpha value is -3.40. The van der Waals surface area contributed by atoms with E-state index in [1.165, 1.54) is 16.4 Å². The van der Waals surface area contributed by atoms with E-state index < -0.39 is 17.8 Å². The van der Waals surface area contributed by atoms with Gasteiger partial charge in [-0.2, -0.15) is 0 Å². The number of nitrogens with zero attached hydrogens (tertiary/aromatic N) is 1. The van der Waals surface area contributed by atoms with Gasteiger partial charge in [0.15, 0.2) is 11.5 Å². The Labute approximate surface area is 222 Å². The van der Waals surface area contributed by atoms with Gasteiger partial charge in [-0.05, 0) is 81.6 Å². The molecule has 1 N–H and O–H groups in total. The summed E-state index contributed by atoms with van der Waals surface area (Å²) in [5, 5.41) is 4.62. The number of hydrogen-bond donors (Lipinski definition) is 1. The summed E-state index contributed by atoms with van der Waals surface area (Å²) in [6, 6.07) is 17.1. The van der Waals surface area contributed by atoms with Crippen molar-refractivity contribution in [1.82, 2.24) is 10.2 Å². The first-order valence-electron chi connectivity index (χ1n) is 11.8. The minimum Gasteiger partial charge on any atom is -0.493 e. The third-order valence-electron chi connectivity index (χ3n) is 6.58. The molecule has 5 rings (SSSR count). The molecule has 0 spiro atoms. The monoisotopic (exact) mass is 596 g/mol. The van der Waals surface area contributed by atoms with Crippen molar-refractivity contribution in [3.8, 4) is 11.5 Å². The van der Waals surface area contributed by atoms with E-state index in [1.807, 2.05) is 24.3 Å².